The van der Waals surface area contributed by atoms with Gasteiger partial charge < -0.3 is 9.47 Å². The zero-order valence-electron chi connectivity index (χ0n) is 10.8. The summed E-state index contributed by atoms with van der Waals surface area (Å²) < 4.78 is 12.0. The molecule has 102 valence electrons. The highest BCUT2D eigenvalue weighted by Gasteiger charge is 2.12. The lowest BCUT2D eigenvalue weighted by molar-refractivity contribution is 0.111. The van der Waals surface area contributed by atoms with E-state index in [9.17, 15) is 4.79 Å². The van der Waals surface area contributed by atoms with E-state index in [2.05, 4.69) is 10.3 Å². The Morgan fingerprint density at radius 3 is 2.95 bits per heavy atom. The van der Waals surface area contributed by atoms with Crippen LogP contribution < -0.4 is 9.47 Å². The topological polar surface area (TPSA) is 90.0 Å². The number of ether oxygens (including phenoxy) is 2. The lowest BCUT2D eigenvalue weighted by atomic mass is 10.3. The standard InChI is InChI=1S/C13H12N4O3/c1-19-10-3-2-4-11(7-10)20-9-13-12(8-18)15-16-17(13)6-5-14/h2-4,7-8H,6,9H2,1H3. The molecule has 0 saturated heterocycles. The van der Waals surface area contributed by atoms with Crippen LogP contribution in [0.4, 0.5) is 0 Å². The maximum absolute atomic E-state index is 10.9. The molecule has 0 spiro atoms. The largest absolute Gasteiger partial charge is 0.497 e. The molecule has 1 aromatic heterocycles. The fourth-order valence-electron chi connectivity index (χ4n) is 1.62. The maximum Gasteiger partial charge on any atom is 0.172 e. The molecule has 0 fully saturated rings. The highest BCUT2D eigenvalue weighted by Crippen LogP contribution is 2.20. The van der Waals surface area contributed by atoms with Crippen molar-refractivity contribution in [2.75, 3.05) is 7.11 Å². The van der Waals surface area contributed by atoms with Gasteiger partial charge in [0.05, 0.1) is 13.2 Å². The molecule has 2 rings (SSSR count). The second kappa shape index (κ2) is 6.33. The Labute approximate surface area is 115 Å². The monoisotopic (exact) mass is 272 g/mol. The number of carbonyl (C=O) groups excluding carboxylic acids is 1. The lowest BCUT2D eigenvalue weighted by Crippen LogP contribution is -2.08. The minimum Gasteiger partial charge on any atom is -0.497 e. The van der Waals surface area contributed by atoms with Crippen LogP contribution in [0.3, 0.4) is 0 Å². The summed E-state index contributed by atoms with van der Waals surface area (Å²) in [6.07, 6.45) is 0.588. The first-order chi connectivity index (χ1) is 9.78. The predicted molar refractivity (Wildman–Crippen MR) is 68.3 cm³/mol. The van der Waals surface area contributed by atoms with E-state index in [0.29, 0.717) is 23.5 Å². The number of carbonyl (C=O) groups is 1. The van der Waals surface area contributed by atoms with Crippen molar-refractivity contribution in [2.45, 2.75) is 13.2 Å². The van der Waals surface area contributed by atoms with Gasteiger partial charge in [-0.15, -0.1) is 5.10 Å². The number of hydrogen-bond donors (Lipinski definition) is 0. The zero-order chi connectivity index (χ0) is 14.4. The van der Waals surface area contributed by atoms with Crippen molar-refractivity contribution in [2.24, 2.45) is 0 Å². The first-order valence-corrected chi connectivity index (χ1v) is 5.80. The molecule has 0 aliphatic carbocycles. The van der Waals surface area contributed by atoms with Gasteiger partial charge in [-0.2, -0.15) is 5.26 Å². The summed E-state index contributed by atoms with van der Waals surface area (Å²) >= 11 is 0. The van der Waals surface area contributed by atoms with Crippen molar-refractivity contribution < 1.29 is 14.3 Å². The summed E-state index contributed by atoms with van der Waals surface area (Å²) in [5, 5.41) is 16.1. The second-order valence-corrected chi connectivity index (χ2v) is 3.82. The number of aldehydes is 1. The number of methoxy groups -OCH3 is 1. The molecule has 1 aromatic carbocycles. The average molecular weight is 272 g/mol. The number of rotatable bonds is 6. The van der Waals surface area contributed by atoms with Crippen LogP contribution >= 0.6 is 0 Å². The van der Waals surface area contributed by atoms with Crippen LogP contribution in [0.1, 0.15) is 16.2 Å². The third-order valence-corrected chi connectivity index (χ3v) is 2.62. The van der Waals surface area contributed by atoms with E-state index in [1.165, 1.54) is 4.68 Å². The van der Waals surface area contributed by atoms with Crippen LogP contribution in [-0.4, -0.2) is 28.4 Å². The fraction of sp³-hybridized carbons (Fsp3) is 0.231. The van der Waals surface area contributed by atoms with Gasteiger partial charge in [-0.1, -0.05) is 11.3 Å². The average Bonchev–Trinajstić information content (AvgIpc) is 2.88. The smallest absolute Gasteiger partial charge is 0.172 e. The molecule has 0 bridgehead atoms. The van der Waals surface area contributed by atoms with E-state index >= 15 is 0 Å². The Bertz CT molecular complexity index is 645. The fourth-order valence-corrected chi connectivity index (χ4v) is 1.62. The molecule has 0 aliphatic rings. The minimum absolute atomic E-state index is 0.0116. The van der Waals surface area contributed by atoms with Crippen LogP contribution in [0.15, 0.2) is 24.3 Å². The van der Waals surface area contributed by atoms with Crippen molar-refractivity contribution >= 4 is 6.29 Å². The summed E-state index contributed by atoms with van der Waals surface area (Å²) in [5.74, 6) is 1.26. The maximum atomic E-state index is 10.9. The van der Waals surface area contributed by atoms with Gasteiger partial charge in [0, 0.05) is 6.07 Å². The predicted octanol–water partition coefficient (Wildman–Crippen LogP) is 1.20. The molecule has 7 nitrogen and oxygen atoms in total. The molecular formula is C13H12N4O3. The highest BCUT2D eigenvalue weighted by atomic mass is 16.5. The van der Waals surface area contributed by atoms with Crippen LogP contribution in [0.2, 0.25) is 0 Å². The molecule has 2 aromatic rings. The summed E-state index contributed by atoms with van der Waals surface area (Å²) in [6, 6.07) is 9.02. The van der Waals surface area contributed by atoms with Crippen molar-refractivity contribution in [1.82, 2.24) is 15.0 Å². The Balaban J connectivity index is 2.15. The van der Waals surface area contributed by atoms with Gasteiger partial charge in [-0.25, -0.2) is 4.68 Å². The zero-order valence-corrected chi connectivity index (χ0v) is 10.8. The molecule has 1 heterocycles. The molecule has 0 saturated carbocycles. The Hall–Kier alpha value is -2.88. The summed E-state index contributed by atoms with van der Waals surface area (Å²) in [6.45, 7) is 0.105. The van der Waals surface area contributed by atoms with E-state index < -0.39 is 0 Å². The SMILES string of the molecule is COc1cccc(OCc2c(C=O)nnn2CC#N)c1. The van der Waals surface area contributed by atoms with E-state index in [0.717, 1.165) is 0 Å². The van der Waals surface area contributed by atoms with Gasteiger partial charge in [0.1, 0.15) is 30.3 Å². The van der Waals surface area contributed by atoms with E-state index in [1.54, 1.807) is 31.4 Å². The number of hydrogen-bond acceptors (Lipinski definition) is 6. The van der Waals surface area contributed by atoms with Crippen LogP contribution in [0.25, 0.3) is 0 Å². The second-order valence-electron chi connectivity index (χ2n) is 3.82. The first-order valence-electron chi connectivity index (χ1n) is 5.80. The summed E-state index contributed by atoms with van der Waals surface area (Å²) in [5.41, 5.74) is 0.632. The van der Waals surface area contributed by atoms with Gasteiger partial charge in [0.2, 0.25) is 0 Å². The molecule has 0 aliphatic heterocycles. The van der Waals surface area contributed by atoms with E-state index in [4.69, 9.17) is 14.7 Å². The third-order valence-electron chi connectivity index (χ3n) is 2.62. The lowest BCUT2D eigenvalue weighted by Gasteiger charge is -2.08. The molecule has 0 atom stereocenters. The first kappa shape index (κ1) is 13.5. The van der Waals surface area contributed by atoms with Crippen molar-refractivity contribution in [1.29, 1.82) is 5.26 Å². The van der Waals surface area contributed by atoms with Crippen LogP contribution in [0, 0.1) is 11.3 Å². The molecular weight excluding hydrogens is 260 g/mol. The summed E-state index contributed by atoms with van der Waals surface area (Å²) in [7, 11) is 1.56. The van der Waals surface area contributed by atoms with Gasteiger partial charge in [-0.3, -0.25) is 4.79 Å². The third kappa shape index (κ3) is 2.92. The van der Waals surface area contributed by atoms with Gasteiger partial charge in [0.25, 0.3) is 0 Å². The van der Waals surface area contributed by atoms with Crippen LogP contribution in [0.5, 0.6) is 11.5 Å². The molecule has 0 amide bonds. The molecule has 7 heteroatoms. The van der Waals surface area contributed by atoms with Gasteiger partial charge >= 0.3 is 0 Å². The summed E-state index contributed by atoms with van der Waals surface area (Å²) in [4.78, 5) is 10.9. The number of aromatic nitrogens is 3. The molecule has 0 unspecified atom stereocenters. The normalized spacial score (nSPS) is 9.80. The minimum atomic E-state index is 0.0116. The quantitative estimate of drug-likeness (QED) is 0.734. The number of benzene rings is 1. The molecule has 0 radical (unpaired) electrons. The van der Waals surface area contributed by atoms with E-state index in [1.807, 2.05) is 6.07 Å². The van der Waals surface area contributed by atoms with Crippen molar-refractivity contribution in [3.8, 4) is 17.6 Å². The number of nitrogens with zero attached hydrogens (tertiary/aromatic N) is 4. The Morgan fingerprint density at radius 1 is 1.45 bits per heavy atom. The van der Waals surface area contributed by atoms with Crippen molar-refractivity contribution in [3.05, 3.63) is 35.7 Å². The van der Waals surface area contributed by atoms with Crippen molar-refractivity contribution in [3.63, 3.8) is 0 Å². The van der Waals surface area contributed by atoms with Gasteiger partial charge in [-0.05, 0) is 12.1 Å². The van der Waals surface area contributed by atoms with E-state index in [-0.39, 0.29) is 18.8 Å². The Morgan fingerprint density at radius 2 is 2.25 bits per heavy atom. The number of nitriles is 1. The molecule has 20 heavy (non-hydrogen) atoms. The van der Waals surface area contributed by atoms with Gasteiger partial charge in [0.15, 0.2) is 12.0 Å². The molecule has 0 N–H and O–H groups in total. The van der Waals surface area contributed by atoms with Crippen LogP contribution in [-0.2, 0) is 13.2 Å². The highest BCUT2D eigenvalue weighted by molar-refractivity contribution is 5.73. The Kier molecular flexibility index (Phi) is 4.29.